The van der Waals surface area contributed by atoms with Crippen LogP contribution in [0.25, 0.3) is 0 Å². The van der Waals surface area contributed by atoms with Gasteiger partial charge < -0.3 is 0 Å². The minimum Gasteiger partial charge on any atom is -0.295 e. The Labute approximate surface area is 96.1 Å². The molecule has 0 aliphatic rings. The van der Waals surface area contributed by atoms with Gasteiger partial charge in [0.25, 0.3) is 0 Å². The maximum atomic E-state index is 8.75. The van der Waals surface area contributed by atoms with Gasteiger partial charge in [-0.15, -0.1) is 11.3 Å². The van der Waals surface area contributed by atoms with E-state index >= 15 is 0 Å². The molecule has 0 saturated heterocycles. The molecule has 0 saturated carbocycles. The van der Waals surface area contributed by atoms with Crippen molar-refractivity contribution in [3.8, 4) is 6.07 Å². The molecule has 0 fully saturated rings. The zero-order valence-electron chi connectivity index (χ0n) is 9.60. The van der Waals surface area contributed by atoms with Crippen molar-refractivity contribution in [3.05, 3.63) is 22.4 Å². The van der Waals surface area contributed by atoms with Crippen molar-refractivity contribution >= 4 is 11.3 Å². The molecule has 82 valence electrons. The molecule has 0 bridgehead atoms. The van der Waals surface area contributed by atoms with Crippen LogP contribution in [-0.4, -0.2) is 18.0 Å². The number of hydrogen-bond acceptors (Lipinski definition) is 3. The highest BCUT2D eigenvalue weighted by Crippen LogP contribution is 2.26. The standard InChI is InChI=1S/C12H18N2S/c1-4-11(7-8-13)14(3)10(2)12-6-5-9-15-12/h5-6,9-11H,4,7H2,1-3H3. The lowest BCUT2D eigenvalue weighted by Gasteiger charge is -2.30. The third-order valence-electron chi connectivity index (χ3n) is 2.94. The minimum absolute atomic E-state index is 0.368. The molecule has 2 nitrogen and oxygen atoms in total. The van der Waals surface area contributed by atoms with Crippen LogP contribution in [0.2, 0.25) is 0 Å². The predicted molar refractivity (Wildman–Crippen MR) is 64.8 cm³/mol. The largest absolute Gasteiger partial charge is 0.295 e. The molecular formula is C12H18N2S. The quantitative estimate of drug-likeness (QED) is 0.763. The van der Waals surface area contributed by atoms with Gasteiger partial charge in [-0.1, -0.05) is 13.0 Å². The van der Waals surface area contributed by atoms with Gasteiger partial charge in [-0.2, -0.15) is 5.26 Å². The number of nitrogens with zero attached hydrogens (tertiary/aromatic N) is 2. The smallest absolute Gasteiger partial charge is 0.0638 e. The Balaban J connectivity index is 2.66. The van der Waals surface area contributed by atoms with Gasteiger partial charge in [0.1, 0.15) is 0 Å². The van der Waals surface area contributed by atoms with Crippen molar-refractivity contribution in [2.45, 2.75) is 38.8 Å². The van der Waals surface area contributed by atoms with Crippen molar-refractivity contribution in [2.75, 3.05) is 7.05 Å². The Morgan fingerprint density at radius 1 is 1.60 bits per heavy atom. The van der Waals surface area contributed by atoms with Crippen LogP contribution in [0, 0.1) is 11.3 Å². The lowest BCUT2D eigenvalue weighted by Crippen LogP contribution is -2.32. The molecule has 0 aromatic carbocycles. The van der Waals surface area contributed by atoms with E-state index in [1.165, 1.54) is 4.88 Å². The molecule has 1 heterocycles. The highest BCUT2D eigenvalue weighted by molar-refractivity contribution is 7.10. The molecule has 2 unspecified atom stereocenters. The van der Waals surface area contributed by atoms with Gasteiger partial charge in [0, 0.05) is 17.0 Å². The van der Waals surface area contributed by atoms with E-state index in [2.05, 4.69) is 49.4 Å². The van der Waals surface area contributed by atoms with Crippen LogP contribution in [0.3, 0.4) is 0 Å². The van der Waals surface area contributed by atoms with Gasteiger partial charge in [0.15, 0.2) is 0 Å². The zero-order chi connectivity index (χ0) is 11.3. The molecule has 0 radical (unpaired) electrons. The van der Waals surface area contributed by atoms with E-state index in [1.807, 2.05) is 0 Å². The zero-order valence-corrected chi connectivity index (χ0v) is 10.4. The van der Waals surface area contributed by atoms with Gasteiger partial charge in [-0.25, -0.2) is 0 Å². The van der Waals surface area contributed by atoms with Crippen LogP contribution < -0.4 is 0 Å². The Morgan fingerprint density at radius 3 is 2.80 bits per heavy atom. The third-order valence-corrected chi connectivity index (χ3v) is 3.98. The molecule has 0 aliphatic carbocycles. The topological polar surface area (TPSA) is 27.0 Å². The third kappa shape index (κ3) is 3.05. The van der Waals surface area contributed by atoms with Crippen molar-refractivity contribution in [1.82, 2.24) is 4.90 Å². The summed E-state index contributed by atoms with van der Waals surface area (Å²) >= 11 is 1.78. The van der Waals surface area contributed by atoms with E-state index in [-0.39, 0.29) is 0 Å². The summed E-state index contributed by atoms with van der Waals surface area (Å²) in [6.45, 7) is 4.34. The first-order valence-electron chi connectivity index (χ1n) is 5.33. The summed E-state index contributed by atoms with van der Waals surface area (Å²) in [5, 5.41) is 10.9. The lowest BCUT2D eigenvalue weighted by atomic mass is 10.1. The van der Waals surface area contributed by atoms with E-state index in [4.69, 9.17) is 5.26 Å². The Kier molecular flexibility index (Phi) is 4.80. The van der Waals surface area contributed by atoms with Gasteiger partial charge >= 0.3 is 0 Å². The number of nitriles is 1. The molecular weight excluding hydrogens is 204 g/mol. The Morgan fingerprint density at radius 2 is 2.33 bits per heavy atom. The molecule has 3 heteroatoms. The van der Waals surface area contributed by atoms with Crippen LogP contribution in [0.15, 0.2) is 17.5 Å². The first kappa shape index (κ1) is 12.2. The summed E-state index contributed by atoms with van der Waals surface area (Å²) in [5.41, 5.74) is 0. The maximum Gasteiger partial charge on any atom is 0.0638 e. The molecule has 0 N–H and O–H groups in total. The van der Waals surface area contributed by atoms with E-state index in [1.54, 1.807) is 11.3 Å². The second kappa shape index (κ2) is 5.89. The summed E-state index contributed by atoms with van der Waals surface area (Å²) in [6.07, 6.45) is 1.64. The van der Waals surface area contributed by atoms with Crippen molar-refractivity contribution in [1.29, 1.82) is 5.26 Å². The normalized spacial score (nSPS) is 14.9. The average molecular weight is 222 g/mol. The molecule has 1 aromatic heterocycles. The SMILES string of the molecule is CCC(CC#N)N(C)C(C)c1cccs1. The van der Waals surface area contributed by atoms with E-state index in [0.29, 0.717) is 18.5 Å². The highest BCUT2D eigenvalue weighted by Gasteiger charge is 2.19. The fourth-order valence-corrected chi connectivity index (χ4v) is 2.56. The maximum absolute atomic E-state index is 8.75. The fraction of sp³-hybridized carbons (Fsp3) is 0.583. The molecule has 0 amide bonds. The predicted octanol–water partition coefficient (Wildman–Crippen LogP) is 3.43. The number of hydrogen-bond donors (Lipinski definition) is 0. The molecule has 15 heavy (non-hydrogen) atoms. The van der Waals surface area contributed by atoms with E-state index in [9.17, 15) is 0 Å². The Bertz CT molecular complexity index is 313. The fourth-order valence-electron chi connectivity index (χ4n) is 1.73. The van der Waals surface area contributed by atoms with Gasteiger partial charge in [-0.3, -0.25) is 4.90 Å². The van der Waals surface area contributed by atoms with Crippen LogP contribution in [0.5, 0.6) is 0 Å². The van der Waals surface area contributed by atoms with Crippen molar-refractivity contribution in [2.24, 2.45) is 0 Å². The number of thiophene rings is 1. The first-order chi connectivity index (χ1) is 7.20. The summed E-state index contributed by atoms with van der Waals surface area (Å²) in [5.74, 6) is 0. The second-order valence-electron chi connectivity index (χ2n) is 3.78. The van der Waals surface area contributed by atoms with E-state index < -0.39 is 0 Å². The summed E-state index contributed by atoms with van der Waals surface area (Å²) in [4.78, 5) is 3.67. The summed E-state index contributed by atoms with van der Waals surface area (Å²) < 4.78 is 0. The van der Waals surface area contributed by atoms with Gasteiger partial charge in [0.05, 0.1) is 12.5 Å². The first-order valence-corrected chi connectivity index (χ1v) is 6.21. The average Bonchev–Trinajstić information content (AvgIpc) is 2.77. The molecule has 1 rings (SSSR count). The monoisotopic (exact) mass is 222 g/mol. The van der Waals surface area contributed by atoms with Crippen molar-refractivity contribution in [3.63, 3.8) is 0 Å². The van der Waals surface area contributed by atoms with Gasteiger partial charge in [0.2, 0.25) is 0 Å². The molecule has 0 aliphatic heterocycles. The van der Waals surface area contributed by atoms with Crippen LogP contribution in [0.1, 0.15) is 37.6 Å². The Hall–Kier alpha value is -0.850. The lowest BCUT2D eigenvalue weighted by molar-refractivity contribution is 0.184. The van der Waals surface area contributed by atoms with Crippen LogP contribution in [0.4, 0.5) is 0 Å². The van der Waals surface area contributed by atoms with Crippen LogP contribution in [-0.2, 0) is 0 Å². The van der Waals surface area contributed by atoms with Crippen LogP contribution >= 0.6 is 11.3 Å². The number of rotatable bonds is 5. The highest BCUT2D eigenvalue weighted by atomic mass is 32.1. The summed E-state index contributed by atoms with van der Waals surface area (Å²) in [6, 6.07) is 7.27. The summed E-state index contributed by atoms with van der Waals surface area (Å²) in [7, 11) is 2.11. The van der Waals surface area contributed by atoms with E-state index in [0.717, 1.165) is 6.42 Å². The molecule has 1 aromatic rings. The van der Waals surface area contributed by atoms with Gasteiger partial charge in [-0.05, 0) is 31.8 Å². The molecule has 0 spiro atoms. The minimum atomic E-state index is 0.368. The van der Waals surface area contributed by atoms with Crippen molar-refractivity contribution < 1.29 is 0 Å². The molecule has 2 atom stereocenters. The second-order valence-corrected chi connectivity index (χ2v) is 4.76.